The van der Waals surface area contributed by atoms with Crippen LogP contribution in [0, 0.1) is 3.57 Å². The first-order chi connectivity index (χ1) is 6.31. The molecule has 0 amide bonds. The summed E-state index contributed by atoms with van der Waals surface area (Å²) in [5.41, 5.74) is 1.33. The first kappa shape index (κ1) is 9.46. The molecule has 0 aliphatic carbocycles. The number of benzene rings is 2. The van der Waals surface area contributed by atoms with E-state index in [0.717, 1.165) is 5.33 Å². The normalized spacial score (nSPS) is 10.6. The van der Waals surface area contributed by atoms with Gasteiger partial charge in [0.05, 0.1) is 0 Å². The lowest BCUT2D eigenvalue weighted by molar-refractivity contribution is 1.46. The van der Waals surface area contributed by atoms with Gasteiger partial charge < -0.3 is 0 Å². The number of hydrogen-bond acceptors (Lipinski definition) is 0. The van der Waals surface area contributed by atoms with Crippen molar-refractivity contribution >= 4 is 49.3 Å². The van der Waals surface area contributed by atoms with E-state index >= 15 is 0 Å². The molecule has 0 atom stereocenters. The van der Waals surface area contributed by atoms with Crippen molar-refractivity contribution in [3.63, 3.8) is 0 Å². The number of alkyl halides is 1. The van der Waals surface area contributed by atoms with Gasteiger partial charge in [-0.3, -0.25) is 0 Å². The molecule has 2 aromatic carbocycles. The molecule has 0 heterocycles. The highest BCUT2D eigenvalue weighted by molar-refractivity contribution is 14.1. The minimum absolute atomic E-state index is 0.925. The number of fused-ring (bicyclic) bond motifs is 1. The first-order valence-electron chi connectivity index (χ1n) is 4.04. The Hall–Kier alpha value is -0.0900. The number of hydrogen-bond donors (Lipinski definition) is 0. The maximum atomic E-state index is 3.46. The van der Waals surface area contributed by atoms with Crippen molar-refractivity contribution in [2.24, 2.45) is 0 Å². The molecule has 0 saturated carbocycles. The molecule has 2 rings (SSSR count). The summed E-state index contributed by atoms with van der Waals surface area (Å²) >= 11 is 5.83. The zero-order chi connectivity index (χ0) is 9.26. The van der Waals surface area contributed by atoms with Crippen LogP contribution in [0.25, 0.3) is 10.8 Å². The maximum absolute atomic E-state index is 3.46. The molecule has 0 N–H and O–H groups in total. The van der Waals surface area contributed by atoms with E-state index < -0.39 is 0 Å². The molecule has 13 heavy (non-hydrogen) atoms. The predicted octanol–water partition coefficient (Wildman–Crippen LogP) is 4.34. The van der Waals surface area contributed by atoms with Crippen LogP contribution < -0.4 is 0 Å². The molecule has 0 fully saturated rings. The van der Waals surface area contributed by atoms with Crippen LogP contribution in [-0.4, -0.2) is 0 Å². The van der Waals surface area contributed by atoms with Crippen molar-refractivity contribution < 1.29 is 0 Å². The highest BCUT2D eigenvalue weighted by Crippen LogP contribution is 2.22. The average Bonchev–Trinajstić information content (AvgIpc) is 2.18. The van der Waals surface area contributed by atoms with Gasteiger partial charge in [-0.25, -0.2) is 0 Å². The van der Waals surface area contributed by atoms with E-state index in [2.05, 4.69) is 74.9 Å². The Bertz CT molecular complexity index is 437. The van der Waals surface area contributed by atoms with E-state index in [1.807, 2.05) is 0 Å². The van der Waals surface area contributed by atoms with Crippen molar-refractivity contribution in [1.82, 2.24) is 0 Å². The molecule has 0 aliphatic heterocycles. The summed E-state index contributed by atoms with van der Waals surface area (Å²) in [6.07, 6.45) is 0. The lowest BCUT2D eigenvalue weighted by Gasteiger charge is -2.02. The van der Waals surface area contributed by atoms with Gasteiger partial charge in [0.25, 0.3) is 0 Å². The molecule has 2 aromatic rings. The lowest BCUT2D eigenvalue weighted by Crippen LogP contribution is -1.80. The van der Waals surface area contributed by atoms with Crippen LogP contribution in [0.1, 0.15) is 5.56 Å². The summed E-state index contributed by atoms with van der Waals surface area (Å²) in [4.78, 5) is 0. The third-order valence-electron chi connectivity index (χ3n) is 2.05. The summed E-state index contributed by atoms with van der Waals surface area (Å²) in [5, 5.41) is 3.59. The zero-order valence-electron chi connectivity index (χ0n) is 6.93. The maximum Gasteiger partial charge on any atom is 0.0283 e. The van der Waals surface area contributed by atoms with E-state index in [0.29, 0.717) is 0 Å². The first-order valence-corrected chi connectivity index (χ1v) is 6.24. The van der Waals surface area contributed by atoms with E-state index in [1.54, 1.807) is 0 Å². The highest BCUT2D eigenvalue weighted by Gasteiger charge is 1.97. The summed E-state index contributed by atoms with van der Waals surface area (Å²) in [6, 6.07) is 13.0. The van der Waals surface area contributed by atoms with Crippen LogP contribution in [0.5, 0.6) is 0 Å². The Balaban J connectivity index is 2.72. The van der Waals surface area contributed by atoms with Gasteiger partial charge in [0, 0.05) is 8.90 Å². The molecular formula is C11H8BrI. The summed E-state index contributed by atoms with van der Waals surface area (Å²) in [6.45, 7) is 0. The molecule has 0 aromatic heterocycles. The Morgan fingerprint density at radius 1 is 1.15 bits per heavy atom. The third-order valence-corrected chi connectivity index (χ3v) is 3.63. The second-order valence-electron chi connectivity index (χ2n) is 2.93. The molecule has 0 bridgehead atoms. The standard InChI is InChI=1S/C11H8BrI/c12-7-8-4-5-10-9(6-8)2-1-3-11(10)13/h1-6H,7H2. The lowest BCUT2D eigenvalue weighted by atomic mass is 10.1. The molecule has 2 heteroatoms. The third kappa shape index (κ3) is 1.89. The van der Waals surface area contributed by atoms with Gasteiger partial charge >= 0.3 is 0 Å². The van der Waals surface area contributed by atoms with Crippen molar-refractivity contribution in [1.29, 1.82) is 0 Å². The van der Waals surface area contributed by atoms with Crippen molar-refractivity contribution in [3.05, 3.63) is 45.5 Å². The van der Waals surface area contributed by atoms with Crippen LogP contribution in [0.3, 0.4) is 0 Å². The molecule has 0 aliphatic rings. The Morgan fingerprint density at radius 2 is 2.00 bits per heavy atom. The van der Waals surface area contributed by atoms with E-state index in [4.69, 9.17) is 0 Å². The quantitative estimate of drug-likeness (QED) is 0.532. The zero-order valence-corrected chi connectivity index (χ0v) is 10.7. The second kappa shape index (κ2) is 3.96. The fourth-order valence-electron chi connectivity index (χ4n) is 1.38. The average molecular weight is 347 g/mol. The molecule has 0 unspecified atom stereocenters. The van der Waals surface area contributed by atoms with Crippen molar-refractivity contribution in [3.8, 4) is 0 Å². The van der Waals surface area contributed by atoms with Crippen molar-refractivity contribution in [2.45, 2.75) is 5.33 Å². The number of rotatable bonds is 1. The molecule has 0 spiro atoms. The Morgan fingerprint density at radius 3 is 2.77 bits per heavy atom. The SMILES string of the molecule is BrCc1ccc2c(I)cccc2c1. The van der Waals surface area contributed by atoms with Gasteiger partial charge in [-0.1, -0.05) is 46.3 Å². The van der Waals surface area contributed by atoms with Crippen LogP contribution in [0.2, 0.25) is 0 Å². The van der Waals surface area contributed by atoms with Gasteiger partial charge in [-0.15, -0.1) is 0 Å². The van der Waals surface area contributed by atoms with Gasteiger partial charge in [0.15, 0.2) is 0 Å². The Labute approximate surface area is 99.6 Å². The highest BCUT2D eigenvalue weighted by atomic mass is 127. The van der Waals surface area contributed by atoms with Gasteiger partial charge in [0.2, 0.25) is 0 Å². The molecule has 0 saturated heterocycles. The molecule has 66 valence electrons. The summed E-state index contributed by atoms with van der Waals surface area (Å²) in [5.74, 6) is 0. The van der Waals surface area contributed by atoms with Crippen LogP contribution in [-0.2, 0) is 5.33 Å². The minimum Gasteiger partial charge on any atom is -0.0876 e. The van der Waals surface area contributed by atoms with Crippen molar-refractivity contribution in [2.75, 3.05) is 0 Å². The predicted molar refractivity (Wildman–Crippen MR) is 69.3 cm³/mol. The van der Waals surface area contributed by atoms with E-state index in [1.165, 1.54) is 19.9 Å². The second-order valence-corrected chi connectivity index (χ2v) is 4.65. The molecule has 0 radical (unpaired) electrons. The van der Waals surface area contributed by atoms with Gasteiger partial charge in [-0.2, -0.15) is 0 Å². The smallest absolute Gasteiger partial charge is 0.0283 e. The Kier molecular flexibility index (Phi) is 2.89. The van der Waals surface area contributed by atoms with E-state index in [-0.39, 0.29) is 0 Å². The largest absolute Gasteiger partial charge is 0.0876 e. The fraction of sp³-hybridized carbons (Fsp3) is 0.0909. The topological polar surface area (TPSA) is 0 Å². The van der Waals surface area contributed by atoms with Crippen LogP contribution >= 0.6 is 38.5 Å². The van der Waals surface area contributed by atoms with Gasteiger partial charge in [0.1, 0.15) is 0 Å². The van der Waals surface area contributed by atoms with Gasteiger partial charge in [-0.05, 0) is 45.0 Å². The monoisotopic (exact) mass is 346 g/mol. The minimum atomic E-state index is 0.925. The van der Waals surface area contributed by atoms with E-state index in [9.17, 15) is 0 Å². The molecule has 0 nitrogen and oxygen atoms in total. The summed E-state index contributed by atoms with van der Waals surface area (Å²) in [7, 11) is 0. The fourth-order valence-corrected chi connectivity index (χ4v) is 2.42. The molecular weight excluding hydrogens is 339 g/mol. The summed E-state index contributed by atoms with van der Waals surface area (Å²) < 4.78 is 1.32. The van der Waals surface area contributed by atoms with Crippen LogP contribution in [0.4, 0.5) is 0 Å². The van der Waals surface area contributed by atoms with Crippen LogP contribution in [0.15, 0.2) is 36.4 Å². The number of halogens is 2.